The lowest BCUT2D eigenvalue weighted by molar-refractivity contribution is 0.0685. The van der Waals surface area contributed by atoms with Gasteiger partial charge in [0.05, 0.1) is 0 Å². The molecule has 0 saturated carbocycles. The molecule has 0 spiro atoms. The quantitative estimate of drug-likeness (QED) is 0.847. The van der Waals surface area contributed by atoms with Crippen LogP contribution >= 0.6 is 0 Å². The normalized spacial score (nSPS) is 19.9. The van der Waals surface area contributed by atoms with Crippen molar-refractivity contribution >= 4 is 16.0 Å². The lowest BCUT2D eigenvalue weighted by atomic mass is 10.1. The zero-order valence-corrected chi connectivity index (χ0v) is 11.7. The first kappa shape index (κ1) is 15.8. The Bertz CT molecular complexity index is 678. The van der Waals surface area contributed by atoms with E-state index in [4.69, 9.17) is 10.8 Å². The fourth-order valence-electron chi connectivity index (χ4n) is 2.28. The summed E-state index contributed by atoms with van der Waals surface area (Å²) in [7, 11) is -4.21. The van der Waals surface area contributed by atoms with Crippen molar-refractivity contribution in [1.82, 2.24) is 4.31 Å². The molecule has 21 heavy (non-hydrogen) atoms. The molecule has 1 fully saturated rings. The molecule has 6 nitrogen and oxygen atoms in total. The molecule has 1 aromatic rings. The van der Waals surface area contributed by atoms with Gasteiger partial charge in [-0.25, -0.2) is 22.0 Å². The summed E-state index contributed by atoms with van der Waals surface area (Å²) < 4.78 is 53.1. The second-order valence-corrected chi connectivity index (χ2v) is 6.70. The summed E-state index contributed by atoms with van der Waals surface area (Å²) in [6.45, 7) is 0.611. The van der Waals surface area contributed by atoms with Gasteiger partial charge in [0.1, 0.15) is 16.3 Å². The minimum absolute atomic E-state index is 0.0257. The summed E-state index contributed by atoms with van der Waals surface area (Å²) in [5, 5.41) is 8.78. The molecule has 1 aliphatic rings. The molecule has 2 rings (SSSR count). The molecule has 0 amide bonds. The molecule has 1 heterocycles. The summed E-state index contributed by atoms with van der Waals surface area (Å²) in [5.41, 5.74) is 4.20. The van der Waals surface area contributed by atoms with E-state index in [-0.39, 0.29) is 19.0 Å². The highest BCUT2D eigenvalue weighted by atomic mass is 32.2. The number of nitrogens with zero attached hydrogens (tertiary/aromatic N) is 1. The summed E-state index contributed by atoms with van der Waals surface area (Å²) >= 11 is 0. The van der Waals surface area contributed by atoms with Crippen LogP contribution in [0.15, 0.2) is 17.0 Å². The van der Waals surface area contributed by atoms with E-state index in [9.17, 15) is 22.0 Å². The zero-order chi connectivity index (χ0) is 15.8. The standard InChI is InChI=1S/C12H14F2N2O4S/c13-8-1-2-9(11(14)10(8)12(17)18)21(19,20)16-4-3-7(5-15)6-16/h1-2,7H,3-6,15H2,(H,17,18). The Hall–Kier alpha value is -1.58. The smallest absolute Gasteiger partial charge is 0.341 e. The first-order chi connectivity index (χ1) is 9.78. The van der Waals surface area contributed by atoms with E-state index < -0.39 is 38.1 Å². The number of rotatable bonds is 4. The Kier molecular flexibility index (Phi) is 4.26. The fourth-order valence-corrected chi connectivity index (χ4v) is 3.88. The van der Waals surface area contributed by atoms with Crippen molar-refractivity contribution in [2.75, 3.05) is 19.6 Å². The van der Waals surface area contributed by atoms with Gasteiger partial charge in [0, 0.05) is 13.1 Å². The van der Waals surface area contributed by atoms with Crippen molar-refractivity contribution in [3.05, 3.63) is 29.3 Å². The molecule has 0 aliphatic carbocycles. The van der Waals surface area contributed by atoms with Gasteiger partial charge in [0.25, 0.3) is 0 Å². The number of sulfonamides is 1. The topological polar surface area (TPSA) is 101 Å². The maximum absolute atomic E-state index is 14.1. The number of hydrogen-bond donors (Lipinski definition) is 2. The van der Waals surface area contributed by atoms with E-state index >= 15 is 0 Å². The van der Waals surface area contributed by atoms with Crippen LogP contribution in [0.3, 0.4) is 0 Å². The van der Waals surface area contributed by atoms with Crippen LogP contribution in [0.5, 0.6) is 0 Å². The van der Waals surface area contributed by atoms with Crippen molar-refractivity contribution in [2.24, 2.45) is 11.7 Å². The molecular formula is C12H14F2N2O4S. The Morgan fingerprint density at radius 3 is 2.62 bits per heavy atom. The summed E-state index contributed by atoms with van der Waals surface area (Å²) in [6.07, 6.45) is 0.546. The molecule has 1 aromatic carbocycles. The largest absolute Gasteiger partial charge is 0.477 e. The molecule has 0 bridgehead atoms. The second-order valence-electron chi connectivity index (χ2n) is 4.79. The lowest BCUT2D eigenvalue weighted by Gasteiger charge is -2.17. The molecule has 116 valence electrons. The Morgan fingerprint density at radius 2 is 2.10 bits per heavy atom. The van der Waals surface area contributed by atoms with Gasteiger partial charge >= 0.3 is 5.97 Å². The van der Waals surface area contributed by atoms with Crippen LogP contribution in [-0.2, 0) is 10.0 Å². The molecule has 1 unspecified atom stereocenters. The molecule has 3 N–H and O–H groups in total. The Morgan fingerprint density at radius 1 is 1.43 bits per heavy atom. The highest BCUT2D eigenvalue weighted by Crippen LogP contribution is 2.27. The van der Waals surface area contributed by atoms with Crippen LogP contribution in [0.2, 0.25) is 0 Å². The van der Waals surface area contributed by atoms with E-state index in [0.717, 1.165) is 10.4 Å². The Balaban J connectivity index is 2.47. The third-order valence-corrected chi connectivity index (χ3v) is 5.35. The lowest BCUT2D eigenvalue weighted by Crippen LogP contribution is -2.31. The minimum Gasteiger partial charge on any atom is -0.477 e. The van der Waals surface area contributed by atoms with E-state index in [0.29, 0.717) is 19.0 Å². The number of benzene rings is 1. The number of carboxylic acid groups (broad SMARTS) is 1. The van der Waals surface area contributed by atoms with Crippen LogP contribution in [0.25, 0.3) is 0 Å². The van der Waals surface area contributed by atoms with Crippen molar-refractivity contribution in [3.63, 3.8) is 0 Å². The van der Waals surface area contributed by atoms with Gasteiger partial charge in [-0.2, -0.15) is 4.31 Å². The molecule has 0 radical (unpaired) electrons. The average Bonchev–Trinajstić information content (AvgIpc) is 2.87. The van der Waals surface area contributed by atoms with Gasteiger partial charge < -0.3 is 10.8 Å². The van der Waals surface area contributed by atoms with Crippen LogP contribution in [0.1, 0.15) is 16.8 Å². The molecule has 1 saturated heterocycles. The maximum atomic E-state index is 14.1. The van der Waals surface area contributed by atoms with E-state index in [1.165, 1.54) is 0 Å². The predicted molar refractivity (Wildman–Crippen MR) is 69.2 cm³/mol. The number of carbonyl (C=O) groups is 1. The molecule has 1 aliphatic heterocycles. The summed E-state index contributed by atoms with van der Waals surface area (Å²) in [5.74, 6) is -4.79. The SMILES string of the molecule is NCC1CCN(S(=O)(=O)c2ccc(F)c(C(=O)O)c2F)C1. The van der Waals surface area contributed by atoms with Crippen LogP contribution in [0.4, 0.5) is 8.78 Å². The minimum atomic E-state index is -4.21. The van der Waals surface area contributed by atoms with Gasteiger partial charge in [0.2, 0.25) is 10.0 Å². The van der Waals surface area contributed by atoms with Crippen LogP contribution < -0.4 is 5.73 Å². The maximum Gasteiger partial charge on any atom is 0.341 e. The number of halogens is 2. The molecular weight excluding hydrogens is 306 g/mol. The van der Waals surface area contributed by atoms with Crippen molar-refractivity contribution in [2.45, 2.75) is 11.3 Å². The van der Waals surface area contributed by atoms with Crippen molar-refractivity contribution in [3.8, 4) is 0 Å². The fraction of sp³-hybridized carbons (Fsp3) is 0.417. The van der Waals surface area contributed by atoms with E-state index in [2.05, 4.69) is 0 Å². The highest BCUT2D eigenvalue weighted by Gasteiger charge is 2.35. The van der Waals surface area contributed by atoms with Crippen LogP contribution in [0, 0.1) is 17.6 Å². The predicted octanol–water partition coefficient (Wildman–Crippen LogP) is 0.632. The average molecular weight is 320 g/mol. The van der Waals surface area contributed by atoms with Gasteiger partial charge in [0.15, 0.2) is 5.82 Å². The van der Waals surface area contributed by atoms with Gasteiger partial charge in [-0.3, -0.25) is 0 Å². The number of hydrogen-bond acceptors (Lipinski definition) is 4. The van der Waals surface area contributed by atoms with Crippen molar-refractivity contribution in [1.29, 1.82) is 0 Å². The third kappa shape index (κ3) is 2.76. The highest BCUT2D eigenvalue weighted by molar-refractivity contribution is 7.89. The third-order valence-electron chi connectivity index (χ3n) is 3.47. The van der Waals surface area contributed by atoms with E-state index in [1.807, 2.05) is 0 Å². The Labute approximate surface area is 120 Å². The number of aromatic carboxylic acids is 1. The van der Waals surface area contributed by atoms with Crippen molar-refractivity contribution < 1.29 is 27.1 Å². The number of carboxylic acids is 1. The molecule has 0 aromatic heterocycles. The molecule has 1 atom stereocenters. The van der Waals surface area contributed by atoms with Gasteiger partial charge in [-0.05, 0) is 31.0 Å². The van der Waals surface area contributed by atoms with Gasteiger partial charge in [-0.15, -0.1) is 0 Å². The van der Waals surface area contributed by atoms with Crippen LogP contribution in [-0.4, -0.2) is 43.4 Å². The zero-order valence-electron chi connectivity index (χ0n) is 10.9. The second kappa shape index (κ2) is 5.66. The first-order valence-corrected chi connectivity index (χ1v) is 7.64. The molecule has 9 heteroatoms. The monoisotopic (exact) mass is 320 g/mol. The van der Waals surface area contributed by atoms with Gasteiger partial charge in [-0.1, -0.05) is 0 Å². The van der Waals surface area contributed by atoms with E-state index in [1.54, 1.807) is 0 Å². The summed E-state index contributed by atoms with van der Waals surface area (Å²) in [4.78, 5) is 10.0. The first-order valence-electron chi connectivity index (χ1n) is 6.20. The number of nitrogens with two attached hydrogens (primary N) is 1. The summed E-state index contributed by atoms with van der Waals surface area (Å²) in [6, 6.07) is 1.37.